The summed E-state index contributed by atoms with van der Waals surface area (Å²) in [6, 6.07) is 21.5. The molecular weight excluding hydrogens is 456 g/mol. The molecule has 31 heavy (non-hydrogen) atoms. The maximum absolute atomic E-state index is 13.2. The molecule has 0 saturated carbocycles. The average Bonchev–Trinajstić information content (AvgIpc) is 2.75. The van der Waals surface area contributed by atoms with Crippen molar-refractivity contribution >= 4 is 32.8 Å². The molecule has 1 aromatic heterocycles. The zero-order chi connectivity index (χ0) is 22.2. The van der Waals surface area contributed by atoms with Crippen LogP contribution in [0, 0.1) is 0 Å². The van der Waals surface area contributed by atoms with Crippen LogP contribution in [0.2, 0.25) is 0 Å². The zero-order valence-electron chi connectivity index (χ0n) is 17.4. The first-order valence-electron chi connectivity index (χ1n) is 9.85. The average molecular weight is 477 g/mol. The molecule has 4 rings (SSSR count). The predicted molar refractivity (Wildman–Crippen MR) is 125 cm³/mol. The number of aromatic nitrogens is 2. The standard InChI is InChI=1S/C25H21BrN2O3/c1-25(2,3)18-12-8-17(9-13-18)24(30)31-28-22(16-10-14-19(26)15-11-16)27-21-7-5-4-6-20(21)23(28)29/h4-15H,1-3H3. The monoisotopic (exact) mass is 476 g/mol. The van der Waals surface area contributed by atoms with Crippen LogP contribution in [0.3, 0.4) is 0 Å². The highest BCUT2D eigenvalue weighted by atomic mass is 79.9. The SMILES string of the molecule is CC(C)(C)c1ccc(C(=O)On2c(-c3ccc(Br)cc3)nc3ccccc3c2=O)cc1. The molecule has 0 aliphatic heterocycles. The van der Waals surface area contributed by atoms with Gasteiger partial charge in [-0.05, 0) is 47.4 Å². The van der Waals surface area contributed by atoms with Crippen molar-refractivity contribution in [3.05, 3.63) is 98.7 Å². The fraction of sp³-hybridized carbons (Fsp3) is 0.160. The maximum Gasteiger partial charge on any atom is 0.363 e. The molecule has 0 aliphatic rings. The Morgan fingerprint density at radius 2 is 1.58 bits per heavy atom. The van der Waals surface area contributed by atoms with Gasteiger partial charge in [0, 0.05) is 10.0 Å². The molecule has 0 amide bonds. The van der Waals surface area contributed by atoms with Crippen LogP contribution in [0.4, 0.5) is 0 Å². The minimum atomic E-state index is -0.627. The number of carbonyl (C=O) groups is 1. The second-order valence-corrected chi connectivity index (χ2v) is 9.18. The van der Waals surface area contributed by atoms with Crippen molar-refractivity contribution in [2.45, 2.75) is 26.2 Å². The van der Waals surface area contributed by atoms with Crippen molar-refractivity contribution < 1.29 is 9.63 Å². The first-order valence-corrected chi connectivity index (χ1v) is 10.6. The van der Waals surface area contributed by atoms with Crippen LogP contribution in [0.5, 0.6) is 0 Å². The van der Waals surface area contributed by atoms with Crippen LogP contribution in [0.1, 0.15) is 36.7 Å². The number of hydrogen-bond acceptors (Lipinski definition) is 4. The van der Waals surface area contributed by atoms with Crippen LogP contribution in [0.15, 0.2) is 82.1 Å². The van der Waals surface area contributed by atoms with E-state index in [1.807, 2.05) is 42.5 Å². The number of nitrogens with zero attached hydrogens (tertiary/aromatic N) is 2. The normalized spacial score (nSPS) is 11.5. The lowest BCUT2D eigenvalue weighted by Gasteiger charge is -2.19. The van der Waals surface area contributed by atoms with Crippen LogP contribution in [0.25, 0.3) is 22.3 Å². The summed E-state index contributed by atoms with van der Waals surface area (Å²) >= 11 is 3.41. The Kier molecular flexibility index (Phi) is 5.50. The van der Waals surface area contributed by atoms with Crippen LogP contribution < -0.4 is 10.4 Å². The van der Waals surface area contributed by atoms with E-state index in [1.54, 1.807) is 30.3 Å². The Balaban J connectivity index is 1.79. The first kappa shape index (κ1) is 21.0. The third-order valence-electron chi connectivity index (χ3n) is 5.00. The zero-order valence-corrected chi connectivity index (χ0v) is 19.0. The summed E-state index contributed by atoms with van der Waals surface area (Å²) in [6.45, 7) is 6.31. The van der Waals surface area contributed by atoms with E-state index in [1.165, 1.54) is 0 Å². The molecule has 0 fully saturated rings. The molecule has 0 unspecified atom stereocenters. The first-order chi connectivity index (χ1) is 14.7. The van der Waals surface area contributed by atoms with Gasteiger partial charge in [0.2, 0.25) is 0 Å². The quantitative estimate of drug-likeness (QED) is 0.397. The Hall–Kier alpha value is -3.25. The van der Waals surface area contributed by atoms with E-state index in [2.05, 4.69) is 41.7 Å². The third kappa shape index (κ3) is 4.30. The van der Waals surface area contributed by atoms with Gasteiger partial charge < -0.3 is 4.84 Å². The molecule has 0 bridgehead atoms. The molecule has 0 saturated heterocycles. The molecular formula is C25H21BrN2O3. The predicted octanol–water partition coefficient (Wildman–Crippen LogP) is 5.39. The van der Waals surface area contributed by atoms with Gasteiger partial charge in [-0.15, -0.1) is 4.73 Å². The Labute approximate surface area is 188 Å². The molecule has 5 nitrogen and oxygen atoms in total. The van der Waals surface area contributed by atoms with Gasteiger partial charge in [0.25, 0.3) is 5.56 Å². The summed E-state index contributed by atoms with van der Waals surface area (Å²) in [5, 5.41) is 0.374. The van der Waals surface area contributed by atoms with Crippen LogP contribution in [-0.4, -0.2) is 15.7 Å². The van der Waals surface area contributed by atoms with E-state index >= 15 is 0 Å². The van der Waals surface area contributed by atoms with Gasteiger partial charge in [-0.2, -0.15) is 0 Å². The number of halogens is 1. The highest BCUT2D eigenvalue weighted by Crippen LogP contribution is 2.23. The van der Waals surface area contributed by atoms with Gasteiger partial charge in [0.05, 0.1) is 16.5 Å². The number of carbonyl (C=O) groups excluding carboxylic acids is 1. The minimum absolute atomic E-state index is 0.0314. The molecule has 0 radical (unpaired) electrons. The topological polar surface area (TPSA) is 61.2 Å². The second kappa shape index (κ2) is 8.12. The fourth-order valence-electron chi connectivity index (χ4n) is 3.22. The van der Waals surface area contributed by atoms with Crippen molar-refractivity contribution in [1.29, 1.82) is 0 Å². The molecule has 0 atom stereocenters. The van der Waals surface area contributed by atoms with Gasteiger partial charge in [0.15, 0.2) is 5.82 Å². The summed E-state index contributed by atoms with van der Waals surface area (Å²) in [5.74, 6) is -0.367. The number of rotatable bonds is 3. The van der Waals surface area contributed by atoms with Gasteiger partial charge in [0.1, 0.15) is 0 Å². The van der Waals surface area contributed by atoms with E-state index < -0.39 is 11.5 Å². The van der Waals surface area contributed by atoms with E-state index in [4.69, 9.17) is 4.84 Å². The molecule has 1 heterocycles. The molecule has 6 heteroatoms. The summed E-state index contributed by atoms with van der Waals surface area (Å²) in [7, 11) is 0. The Morgan fingerprint density at radius 3 is 2.23 bits per heavy atom. The van der Waals surface area contributed by atoms with Gasteiger partial charge in [-0.1, -0.05) is 73.1 Å². The van der Waals surface area contributed by atoms with Crippen LogP contribution in [-0.2, 0) is 5.41 Å². The molecule has 0 aliphatic carbocycles. The van der Waals surface area contributed by atoms with Crippen molar-refractivity contribution in [2.24, 2.45) is 0 Å². The van der Waals surface area contributed by atoms with Gasteiger partial charge >= 0.3 is 5.97 Å². The summed E-state index contributed by atoms with van der Waals surface area (Å²) in [4.78, 5) is 36.2. The van der Waals surface area contributed by atoms with E-state index in [-0.39, 0.29) is 11.2 Å². The lowest BCUT2D eigenvalue weighted by Crippen LogP contribution is -2.33. The van der Waals surface area contributed by atoms with Crippen molar-refractivity contribution in [3.8, 4) is 11.4 Å². The lowest BCUT2D eigenvalue weighted by molar-refractivity contribution is 0.0449. The number of fused-ring (bicyclic) bond motifs is 1. The summed E-state index contributed by atoms with van der Waals surface area (Å²) in [6.07, 6.45) is 0. The van der Waals surface area contributed by atoms with Crippen LogP contribution >= 0.6 is 15.9 Å². The lowest BCUT2D eigenvalue weighted by atomic mass is 9.87. The van der Waals surface area contributed by atoms with Crippen molar-refractivity contribution in [1.82, 2.24) is 9.71 Å². The smallest absolute Gasteiger partial charge is 0.326 e. The molecule has 0 spiro atoms. The largest absolute Gasteiger partial charge is 0.363 e. The van der Waals surface area contributed by atoms with E-state index in [9.17, 15) is 9.59 Å². The van der Waals surface area contributed by atoms with Crippen molar-refractivity contribution in [3.63, 3.8) is 0 Å². The van der Waals surface area contributed by atoms with Crippen molar-refractivity contribution in [2.75, 3.05) is 0 Å². The Morgan fingerprint density at radius 1 is 0.935 bits per heavy atom. The Bertz CT molecular complexity index is 1320. The number of hydrogen-bond donors (Lipinski definition) is 0. The maximum atomic E-state index is 13.2. The third-order valence-corrected chi connectivity index (χ3v) is 5.53. The fourth-order valence-corrected chi connectivity index (χ4v) is 3.49. The number of para-hydroxylation sites is 1. The highest BCUT2D eigenvalue weighted by molar-refractivity contribution is 9.10. The summed E-state index contributed by atoms with van der Waals surface area (Å²) in [5.41, 5.74) is 2.17. The summed E-state index contributed by atoms with van der Waals surface area (Å²) < 4.78 is 1.87. The van der Waals surface area contributed by atoms with E-state index in [0.29, 0.717) is 22.0 Å². The molecule has 3 aromatic carbocycles. The number of benzene rings is 3. The molecule has 0 N–H and O–H groups in total. The van der Waals surface area contributed by atoms with E-state index in [0.717, 1.165) is 14.8 Å². The van der Waals surface area contributed by atoms with Gasteiger partial charge in [-0.25, -0.2) is 9.78 Å². The molecule has 4 aromatic rings. The second-order valence-electron chi connectivity index (χ2n) is 8.27. The molecule has 156 valence electrons. The van der Waals surface area contributed by atoms with Gasteiger partial charge in [-0.3, -0.25) is 4.79 Å². The highest BCUT2D eigenvalue weighted by Gasteiger charge is 2.19. The minimum Gasteiger partial charge on any atom is -0.326 e.